The number of halogens is 1. The molecule has 76 valence electrons. The van der Waals surface area contributed by atoms with Gasteiger partial charge in [0.2, 0.25) is 0 Å². The summed E-state index contributed by atoms with van der Waals surface area (Å²) in [7, 11) is 0. The molecule has 0 bridgehead atoms. The summed E-state index contributed by atoms with van der Waals surface area (Å²) >= 11 is 8.25. The van der Waals surface area contributed by atoms with Crippen molar-refractivity contribution in [2.45, 2.75) is 43.2 Å². The molecular weight excluding hydrogens is 216 g/mol. The zero-order valence-corrected chi connectivity index (χ0v) is 9.57. The first kappa shape index (κ1) is 9.10. The SMILES string of the molecule is Clc1c2c(nn1C1CCCC1)CSC2. The first-order chi connectivity index (χ1) is 6.86. The largest absolute Gasteiger partial charge is 0.250 e. The lowest BCUT2D eigenvalue weighted by Crippen LogP contribution is -2.07. The molecule has 0 saturated heterocycles. The summed E-state index contributed by atoms with van der Waals surface area (Å²) in [5.74, 6) is 2.11. The molecule has 2 nitrogen and oxygen atoms in total. The van der Waals surface area contributed by atoms with Crippen LogP contribution in [0.1, 0.15) is 43.0 Å². The Morgan fingerprint density at radius 3 is 2.79 bits per heavy atom. The second kappa shape index (κ2) is 3.46. The van der Waals surface area contributed by atoms with Crippen LogP contribution >= 0.6 is 23.4 Å². The van der Waals surface area contributed by atoms with Crippen LogP contribution in [0.15, 0.2) is 0 Å². The van der Waals surface area contributed by atoms with Crippen molar-refractivity contribution in [1.29, 1.82) is 0 Å². The lowest BCUT2D eigenvalue weighted by atomic mass is 10.2. The van der Waals surface area contributed by atoms with E-state index in [-0.39, 0.29) is 0 Å². The third kappa shape index (κ3) is 1.29. The number of thioether (sulfide) groups is 1. The fourth-order valence-electron chi connectivity index (χ4n) is 2.39. The van der Waals surface area contributed by atoms with Crippen LogP contribution in [0.3, 0.4) is 0 Å². The summed E-state index contributed by atoms with van der Waals surface area (Å²) in [4.78, 5) is 0. The van der Waals surface area contributed by atoms with Gasteiger partial charge in [-0.25, -0.2) is 0 Å². The smallest absolute Gasteiger partial charge is 0.131 e. The molecule has 0 aromatic carbocycles. The van der Waals surface area contributed by atoms with Crippen molar-refractivity contribution in [2.24, 2.45) is 0 Å². The van der Waals surface area contributed by atoms with Gasteiger partial charge < -0.3 is 0 Å². The molecule has 1 aliphatic heterocycles. The highest BCUT2D eigenvalue weighted by molar-refractivity contribution is 7.98. The van der Waals surface area contributed by atoms with E-state index in [1.807, 2.05) is 11.8 Å². The van der Waals surface area contributed by atoms with Crippen LogP contribution in [0, 0.1) is 0 Å². The highest BCUT2D eigenvalue weighted by Crippen LogP contribution is 2.38. The van der Waals surface area contributed by atoms with E-state index in [0.717, 1.165) is 16.7 Å². The summed E-state index contributed by atoms with van der Waals surface area (Å²) in [5.41, 5.74) is 2.52. The van der Waals surface area contributed by atoms with Gasteiger partial charge >= 0.3 is 0 Å². The molecule has 0 amide bonds. The second-order valence-electron chi connectivity index (χ2n) is 4.09. The number of hydrogen-bond donors (Lipinski definition) is 0. The van der Waals surface area contributed by atoms with Crippen molar-refractivity contribution in [1.82, 2.24) is 9.78 Å². The fourth-order valence-corrected chi connectivity index (χ4v) is 3.86. The Morgan fingerprint density at radius 1 is 1.29 bits per heavy atom. The van der Waals surface area contributed by atoms with Crippen molar-refractivity contribution in [3.63, 3.8) is 0 Å². The zero-order chi connectivity index (χ0) is 9.54. The molecule has 1 aromatic heterocycles. The summed E-state index contributed by atoms with van der Waals surface area (Å²) in [6.45, 7) is 0. The van der Waals surface area contributed by atoms with Gasteiger partial charge in [0.15, 0.2) is 0 Å². The Labute approximate surface area is 93.0 Å². The summed E-state index contributed by atoms with van der Waals surface area (Å²) < 4.78 is 2.08. The van der Waals surface area contributed by atoms with Crippen molar-refractivity contribution >= 4 is 23.4 Å². The van der Waals surface area contributed by atoms with Crippen molar-refractivity contribution in [3.05, 3.63) is 16.4 Å². The van der Waals surface area contributed by atoms with Crippen molar-refractivity contribution in [2.75, 3.05) is 0 Å². The van der Waals surface area contributed by atoms with Gasteiger partial charge in [0.05, 0.1) is 11.7 Å². The predicted octanol–water partition coefficient (Wildman–Crippen LogP) is 3.40. The topological polar surface area (TPSA) is 17.8 Å². The lowest BCUT2D eigenvalue weighted by molar-refractivity contribution is 0.465. The van der Waals surface area contributed by atoms with E-state index in [9.17, 15) is 0 Å². The third-order valence-corrected chi connectivity index (χ3v) is 4.55. The molecule has 2 heterocycles. The van der Waals surface area contributed by atoms with Crippen LogP contribution < -0.4 is 0 Å². The molecule has 1 aliphatic carbocycles. The Balaban J connectivity index is 1.98. The van der Waals surface area contributed by atoms with E-state index >= 15 is 0 Å². The molecule has 1 aromatic rings. The monoisotopic (exact) mass is 228 g/mol. The summed E-state index contributed by atoms with van der Waals surface area (Å²) in [5, 5.41) is 5.55. The van der Waals surface area contributed by atoms with Crippen LogP contribution in [0.25, 0.3) is 0 Å². The maximum absolute atomic E-state index is 6.34. The third-order valence-electron chi connectivity index (χ3n) is 3.18. The highest BCUT2D eigenvalue weighted by Gasteiger charge is 2.26. The normalized spacial score (nSPS) is 21.8. The molecule has 2 aliphatic rings. The van der Waals surface area contributed by atoms with E-state index in [2.05, 4.69) is 9.78 Å². The fraction of sp³-hybridized carbons (Fsp3) is 0.700. The van der Waals surface area contributed by atoms with E-state index in [0.29, 0.717) is 6.04 Å². The summed E-state index contributed by atoms with van der Waals surface area (Å²) in [6, 6.07) is 0.582. The molecule has 0 spiro atoms. The predicted molar refractivity (Wildman–Crippen MR) is 59.7 cm³/mol. The Hall–Kier alpha value is -0.150. The first-order valence-electron chi connectivity index (χ1n) is 5.20. The molecule has 0 N–H and O–H groups in total. The minimum atomic E-state index is 0.582. The number of hydrogen-bond acceptors (Lipinski definition) is 2. The molecule has 0 atom stereocenters. The van der Waals surface area contributed by atoms with Crippen LogP contribution in [-0.2, 0) is 11.5 Å². The van der Waals surface area contributed by atoms with Crippen LogP contribution in [-0.4, -0.2) is 9.78 Å². The quantitative estimate of drug-likeness (QED) is 0.733. The number of aromatic nitrogens is 2. The van der Waals surface area contributed by atoms with Gasteiger partial charge in [0.25, 0.3) is 0 Å². The van der Waals surface area contributed by atoms with E-state index in [1.165, 1.54) is 36.9 Å². The molecule has 0 unspecified atom stereocenters. The van der Waals surface area contributed by atoms with Crippen LogP contribution in [0.4, 0.5) is 0 Å². The van der Waals surface area contributed by atoms with E-state index in [1.54, 1.807) is 0 Å². The standard InChI is InChI=1S/C10H13ClN2S/c11-10-8-5-14-6-9(8)12-13(10)7-3-1-2-4-7/h7H,1-6H2. The molecule has 4 heteroatoms. The Kier molecular flexibility index (Phi) is 2.25. The second-order valence-corrected chi connectivity index (χ2v) is 5.44. The van der Waals surface area contributed by atoms with Gasteiger partial charge in [-0.15, -0.1) is 0 Å². The van der Waals surface area contributed by atoms with Crippen molar-refractivity contribution < 1.29 is 0 Å². The molecule has 1 saturated carbocycles. The average Bonchev–Trinajstić information content (AvgIpc) is 2.84. The molecule has 14 heavy (non-hydrogen) atoms. The van der Waals surface area contributed by atoms with Gasteiger partial charge in [-0.05, 0) is 12.8 Å². The van der Waals surface area contributed by atoms with Gasteiger partial charge in [0, 0.05) is 17.1 Å². The summed E-state index contributed by atoms with van der Waals surface area (Å²) in [6.07, 6.45) is 5.18. The molecule has 3 rings (SSSR count). The average molecular weight is 229 g/mol. The molecule has 1 fully saturated rings. The van der Waals surface area contributed by atoms with Gasteiger partial charge in [-0.1, -0.05) is 24.4 Å². The van der Waals surface area contributed by atoms with Crippen molar-refractivity contribution in [3.8, 4) is 0 Å². The maximum Gasteiger partial charge on any atom is 0.131 e. The first-order valence-corrected chi connectivity index (χ1v) is 6.73. The molecule has 0 radical (unpaired) electrons. The minimum Gasteiger partial charge on any atom is -0.250 e. The van der Waals surface area contributed by atoms with Gasteiger partial charge in [-0.2, -0.15) is 16.9 Å². The number of nitrogens with zero attached hydrogens (tertiary/aromatic N) is 2. The molecular formula is C10H13ClN2S. The van der Waals surface area contributed by atoms with Crippen LogP contribution in [0.5, 0.6) is 0 Å². The maximum atomic E-state index is 6.34. The minimum absolute atomic E-state index is 0.582. The van der Waals surface area contributed by atoms with Crippen LogP contribution in [0.2, 0.25) is 5.15 Å². The lowest BCUT2D eigenvalue weighted by Gasteiger charge is -2.11. The zero-order valence-electron chi connectivity index (χ0n) is 8.00. The van der Waals surface area contributed by atoms with E-state index in [4.69, 9.17) is 11.6 Å². The Bertz CT molecular complexity index is 355. The van der Waals surface area contributed by atoms with Gasteiger partial charge in [-0.3, -0.25) is 4.68 Å². The number of rotatable bonds is 1. The van der Waals surface area contributed by atoms with Gasteiger partial charge in [0.1, 0.15) is 5.15 Å². The van der Waals surface area contributed by atoms with E-state index < -0.39 is 0 Å². The Morgan fingerprint density at radius 2 is 2.07 bits per heavy atom. The highest BCUT2D eigenvalue weighted by atomic mass is 35.5. The number of fused-ring (bicyclic) bond motifs is 1.